The smallest absolute Gasteiger partial charge is 0.407 e. The summed E-state index contributed by atoms with van der Waals surface area (Å²) in [6.07, 6.45) is 3.32. The third-order valence-corrected chi connectivity index (χ3v) is 11.8. The molecule has 0 radical (unpaired) electrons. The first-order valence-electron chi connectivity index (χ1n) is 20.1. The van der Waals surface area contributed by atoms with Crippen molar-refractivity contribution in [1.29, 1.82) is 0 Å². The standard InChI is InChI=1S/C41H65N7O7S/c1-10-19-48(39(51)35(26(5)11-2)46-37(50)32-18-14-15-20-47(32)9)33(25(3)4)23-34(55-41(54)43-8)38-45-31(24-56-38)36(49)44-29(21-27(6)40(52)53)22-28-16-12-13-17-30(28)42-7/h12-13,16-17,24-27,29,32-35,42H,10-11,14-15,18-23H2,1-9H3,(H,43,54)(H,44,49)(H,46,50)(H,52,53)/t26-,27-,29+,32+,33+,34+,35-/m0/s1. The highest BCUT2D eigenvalue weighted by Crippen LogP contribution is 2.32. The van der Waals surface area contributed by atoms with Crippen molar-refractivity contribution in [3.05, 3.63) is 45.9 Å². The molecule has 15 heteroatoms. The molecule has 0 bridgehead atoms. The Morgan fingerprint density at radius 2 is 1.75 bits per heavy atom. The highest BCUT2D eigenvalue weighted by Gasteiger charge is 2.38. The first-order chi connectivity index (χ1) is 26.6. The maximum atomic E-state index is 14.6. The number of hydrogen-bond acceptors (Lipinski definition) is 10. The second-order valence-electron chi connectivity index (χ2n) is 15.4. The molecular weight excluding hydrogens is 735 g/mol. The van der Waals surface area contributed by atoms with E-state index in [2.05, 4.69) is 31.2 Å². The van der Waals surface area contributed by atoms with Crippen LogP contribution in [0.5, 0.6) is 0 Å². The summed E-state index contributed by atoms with van der Waals surface area (Å²) in [7, 11) is 5.21. The van der Waals surface area contributed by atoms with Crippen molar-refractivity contribution in [2.45, 2.75) is 123 Å². The van der Waals surface area contributed by atoms with Crippen LogP contribution in [0, 0.1) is 17.8 Å². The molecule has 4 amide bonds. The lowest BCUT2D eigenvalue weighted by molar-refractivity contribution is -0.143. The summed E-state index contributed by atoms with van der Waals surface area (Å²) in [6.45, 7) is 12.9. The number of nitrogens with zero attached hydrogens (tertiary/aromatic N) is 3. The molecule has 1 aromatic heterocycles. The number of carboxylic acid groups (broad SMARTS) is 1. The van der Waals surface area contributed by atoms with Gasteiger partial charge in [-0.3, -0.25) is 24.1 Å². The number of carbonyl (C=O) groups is 5. The van der Waals surface area contributed by atoms with Gasteiger partial charge in [0.2, 0.25) is 11.8 Å². The fourth-order valence-electron chi connectivity index (χ4n) is 7.29. The summed E-state index contributed by atoms with van der Waals surface area (Å²) in [4.78, 5) is 75.1. The Labute approximate surface area is 336 Å². The van der Waals surface area contributed by atoms with Crippen LogP contribution in [0.2, 0.25) is 0 Å². The van der Waals surface area contributed by atoms with Crippen molar-refractivity contribution in [1.82, 2.24) is 30.7 Å². The van der Waals surface area contributed by atoms with Crippen LogP contribution >= 0.6 is 11.3 Å². The lowest BCUT2D eigenvalue weighted by atomic mass is 9.92. The van der Waals surface area contributed by atoms with E-state index in [1.54, 1.807) is 19.4 Å². The molecule has 2 aromatic rings. The lowest BCUT2D eigenvalue weighted by Gasteiger charge is -2.40. The Kier molecular flexibility index (Phi) is 18.5. The van der Waals surface area contributed by atoms with Crippen LogP contribution in [0.1, 0.15) is 114 Å². The van der Waals surface area contributed by atoms with E-state index < -0.39 is 48.1 Å². The molecule has 1 saturated heterocycles. The van der Waals surface area contributed by atoms with Crippen molar-refractivity contribution < 1.29 is 33.8 Å². The number of carboxylic acids is 1. The predicted octanol–water partition coefficient (Wildman–Crippen LogP) is 5.70. The number of hydrogen-bond donors (Lipinski definition) is 5. The number of likely N-dealkylation sites (N-methyl/N-ethyl adjacent to an activating group) is 1. The van der Waals surface area contributed by atoms with Crippen molar-refractivity contribution in [3.8, 4) is 0 Å². The summed E-state index contributed by atoms with van der Waals surface area (Å²) in [5.41, 5.74) is 1.92. The molecule has 3 rings (SSSR count). The van der Waals surface area contributed by atoms with Gasteiger partial charge in [0.05, 0.1) is 12.0 Å². The molecule has 1 aliphatic rings. The first-order valence-corrected chi connectivity index (χ1v) is 21.0. The molecule has 0 saturated carbocycles. The van der Waals surface area contributed by atoms with Gasteiger partial charge >= 0.3 is 12.1 Å². The molecule has 0 unspecified atom stereocenters. The van der Waals surface area contributed by atoms with Gasteiger partial charge in [0, 0.05) is 50.2 Å². The number of thiazole rings is 1. The SMILES string of the molecule is CCCN(C(=O)[C@@H](NC(=O)[C@H]1CCCCN1C)[C@@H](C)CC)[C@H](C[C@@H](OC(=O)NC)c1nc(C(=O)N[C@@H](Cc2ccccc2NC)C[C@H](C)C(=O)O)cs1)C(C)C. The highest BCUT2D eigenvalue weighted by atomic mass is 32.1. The third-order valence-electron chi connectivity index (χ3n) is 10.9. The Morgan fingerprint density at radius 3 is 2.36 bits per heavy atom. The zero-order valence-electron chi connectivity index (χ0n) is 34.7. The summed E-state index contributed by atoms with van der Waals surface area (Å²) in [5.74, 6) is -2.65. The number of aliphatic carboxylic acids is 1. The normalized spacial score (nSPS) is 17.8. The van der Waals surface area contributed by atoms with Gasteiger partial charge in [0.25, 0.3) is 5.91 Å². The van der Waals surface area contributed by atoms with Crippen LogP contribution in [-0.2, 0) is 25.5 Å². The molecule has 7 atom stereocenters. The minimum Gasteiger partial charge on any atom is -0.481 e. The van der Waals surface area contributed by atoms with Crippen LogP contribution in [0.15, 0.2) is 29.6 Å². The zero-order chi connectivity index (χ0) is 41.5. The van der Waals surface area contributed by atoms with E-state index in [9.17, 15) is 29.1 Å². The fourth-order valence-corrected chi connectivity index (χ4v) is 8.13. The molecule has 1 fully saturated rings. The van der Waals surface area contributed by atoms with E-state index in [1.807, 2.05) is 70.8 Å². The average molecular weight is 800 g/mol. The Bertz CT molecular complexity index is 1600. The molecule has 2 heterocycles. The van der Waals surface area contributed by atoms with Crippen molar-refractivity contribution in [2.75, 3.05) is 39.5 Å². The van der Waals surface area contributed by atoms with E-state index in [1.165, 1.54) is 18.4 Å². The fraction of sp³-hybridized carbons (Fsp3) is 0.659. The number of alkyl carbamates (subject to hydrolysis) is 1. The van der Waals surface area contributed by atoms with Gasteiger partial charge in [0.1, 0.15) is 16.7 Å². The summed E-state index contributed by atoms with van der Waals surface area (Å²) in [5, 5.41) is 23.5. The zero-order valence-corrected chi connectivity index (χ0v) is 35.5. The maximum absolute atomic E-state index is 14.6. The monoisotopic (exact) mass is 799 g/mol. The van der Waals surface area contributed by atoms with E-state index in [0.717, 1.165) is 37.1 Å². The Balaban J connectivity index is 1.92. The molecule has 14 nitrogen and oxygen atoms in total. The number of likely N-dealkylation sites (tertiary alicyclic amines) is 1. The van der Waals surface area contributed by atoms with Gasteiger partial charge < -0.3 is 36.0 Å². The number of amides is 4. The van der Waals surface area contributed by atoms with Gasteiger partial charge in [-0.2, -0.15) is 0 Å². The van der Waals surface area contributed by atoms with Gasteiger partial charge in [0.15, 0.2) is 6.10 Å². The quantitative estimate of drug-likeness (QED) is 0.105. The highest BCUT2D eigenvalue weighted by molar-refractivity contribution is 7.09. The maximum Gasteiger partial charge on any atom is 0.407 e. The van der Waals surface area contributed by atoms with Crippen molar-refractivity contribution >= 4 is 46.8 Å². The number of aromatic nitrogens is 1. The molecule has 5 N–H and O–H groups in total. The second kappa shape index (κ2) is 22.5. The van der Waals surface area contributed by atoms with Crippen LogP contribution < -0.4 is 21.3 Å². The summed E-state index contributed by atoms with van der Waals surface area (Å²) < 4.78 is 5.90. The largest absolute Gasteiger partial charge is 0.481 e. The summed E-state index contributed by atoms with van der Waals surface area (Å²) >= 11 is 1.17. The van der Waals surface area contributed by atoms with Crippen LogP contribution in [0.3, 0.4) is 0 Å². The van der Waals surface area contributed by atoms with Crippen LogP contribution in [-0.4, -0.2) is 108 Å². The lowest BCUT2D eigenvalue weighted by Crippen LogP contribution is -2.58. The first kappa shape index (κ1) is 46.1. The Morgan fingerprint density at radius 1 is 1.04 bits per heavy atom. The average Bonchev–Trinajstić information content (AvgIpc) is 3.68. The molecule has 312 valence electrons. The minimum atomic E-state index is -0.957. The molecule has 0 aliphatic carbocycles. The minimum absolute atomic E-state index is 0.0701. The number of para-hydroxylation sites is 1. The number of anilines is 1. The van der Waals surface area contributed by atoms with Gasteiger partial charge in [-0.1, -0.05) is 72.6 Å². The number of piperidine rings is 1. The van der Waals surface area contributed by atoms with Gasteiger partial charge in [-0.25, -0.2) is 9.78 Å². The number of carbonyl (C=O) groups excluding carboxylic acids is 4. The number of ether oxygens (including phenoxy) is 1. The molecular formula is C41H65N7O7S. The van der Waals surface area contributed by atoms with E-state index in [0.29, 0.717) is 30.8 Å². The third kappa shape index (κ3) is 12.9. The molecule has 56 heavy (non-hydrogen) atoms. The topological polar surface area (TPSA) is 182 Å². The molecule has 1 aromatic carbocycles. The van der Waals surface area contributed by atoms with E-state index in [4.69, 9.17) is 4.74 Å². The molecule has 0 spiro atoms. The second-order valence-corrected chi connectivity index (χ2v) is 16.3. The number of rotatable bonds is 21. The predicted molar refractivity (Wildman–Crippen MR) is 220 cm³/mol. The van der Waals surface area contributed by atoms with Gasteiger partial charge in [-0.15, -0.1) is 11.3 Å². The number of benzene rings is 1. The Hall–Kier alpha value is -4.24. The van der Waals surface area contributed by atoms with Crippen LogP contribution in [0.4, 0.5) is 10.5 Å². The number of nitrogens with one attached hydrogen (secondary N) is 4. The van der Waals surface area contributed by atoms with Gasteiger partial charge in [-0.05, 0) is 69.2 Å². The van der Waals surface area contributed by atoms with Crippen molar-refractivity contribution in [2.24, 2.45) is 17.8 Å². The van der Waals surface area contributed by atoms with Crippen LogP contribution in [0.25, 0.3) is 0 Å². The van der Waals surface area contributed by atoms with E-state index in [-0.39, 0.29) is 48.2 Å². The van der Waals surface area contributed by atoms with Crippen molar-refractivity contribution in [3.63, 3.8) is 0 Å². The molecule has 1 aliphatic heterocycles. The van der Waals surface area contributed by atoms with E-state index >= 15 is 0 Å². The summed E-state index contributed by atoms with van der Waals surface area (Å²) in [6, 6.07) is 5.71.